The van der Waals surface area contributed by atoms with E-state index in [1.807, 2.05) is 0 Å². The summed E-state index contributed by atoms with van der Waals surface area (Å²) in [6, 6.07) is 2.19. The Morgan fingerprint density at radius 1 is 1.38 bits per heavy atom. The van der Waals surface area contributed by atoms with Crippen molar-refractivity contribution in [3.05, 3.63) is 27.9 Å². The lowest BCUT2D eigenvalue weighted by atomic mass is 9.85. The summed E-state index contributed by atoms with van der Waals surface area (Å²) in [5.41, 5.74) is -1.51. The first-order chi connectivity index (χ1) is 9.91. The monoisotopic (exact) mass is 295 g/mol. The van der Waals surface area contributed by atoms with Crippen molar-refractivity contribution in [3.8, 4) is 0 Å². The van der Waals surface area contributed by atoms with Gasteiger partial charge < -0.3 is 15.5 Å². The largest absolute Gasteiger partial charge is 0.477 e. The van der Waals surface area contributed by atoms with Crippen molar-refractivity contribution in [3.63, 3.8) is 0 Å². The van der Waals surface area contributed by atoms with Gasteiger partial charge in [-0.1, -0.05) is 19.3 Å². The van der Waals surface area contributed by atoms with Crippen LogP contribution in [0.3, 0.4) is 0 Å². The molecule has 0 aromatic carbocycles. The fourth-order valence-electron chi connectivity index (χ4n) is 2.48. The minimum Gasteiger partial charge on any atom is -0.477 e. The molecule has 1 fully saturated rings. The number of anilines is 1. The lowest BCUT2D eigenvalue weighted by Crippen LogP contribution is -2.39. The second kappa shape index (κ2) is 6.04. The van der Waals surface area contributed by atoms with Crippen LogP contribution >= 0.6 is 0 Å². The van der Waals surface area contributed by atoms with E-state index in [1.165, 1.54) is 0 Å². The number of hydrogen-bond donors (Lipinski definition) is 3. The van der Waals surface area contributed by atoms with Crippen molar-refractivity contribution < 1.29 is 19.9 Å². The van der Waals surface area contributed by atoms with Crippen LogP contribution in [-0.4, -0.2) is 38.2 Å². The van der Waals surface area contributed by atoms with E-state index in [9.17, 15) is 20.0 Å². The van der Waals surface area contributed by atoms with Gasteiger partial charge in [-0.25, -0.2) is 9.78 Å². The SMILES string of the molecule is O=C(O)c1ccc([N+](=O)[O-])c(NCC2(O)CCCCC2)n1. The van der Waals surface area contributed by atoms with Gasteiger partial charge in [0.25, 0.3) is 0 Å². The van der Waals surface area contributed by atoms with Gasteiger partial charge in [-0.2, -0.15) is 0 Å². The average Bonchev–Trinajstić information content (AvgIpc) is 2.45. The number of nitrogens with one attached hydrogen (secondary N) is 1. The molecule has 21 heavy (non-hydrogen) atoms. The Hall–Kier alpha value is -2.22. The molecule has 2 rings (SSSR count). The number of carboxylic acid groups (broad SMARTS) is 1. The van der Waals surface area contributed by atoms with Gasteiger partial charge in [0, 0.05) is 12.6 Å². The van der Waals surface area contributed by atoms with Crippen LogP contribution in [0.1, 0.15) is 42.6 Å². The fraction of sp³-hybridized carbons (Fsp3) is 0.538. The number of aromatic nitrogens is 1. The highest BCUT2D eigenvalue weighted by atomic mass is 16.6. The van der Waals surface area contributed by atoms with Crippen LogP contribution in [-0.2, 0) is 0 Å². The van der Waals surface area contributed by atoms with Crippen molar-refractivity contribution >= 4 is 17.5 Å². The van der Waals surface area contributed by atoms with E-state index in [1.54, 1.807) is 0 Å². The van der Waals surface area contributed by atoms with Crippen molar-refractivity contribution in [2.75, 3.05) is 11.9 Å². The number of aromatic carboxylic acids is 1. The summed E-state index contributed by atoms with van der Waals surface area (Å²) in [6.45, 7) is 0.115. The molecule has 1 heterocycles. The van der Waals surface area contributed by atoms with Crippen LogP contribution < -0.4 is 5.32 Å². The van der Waals surface area contributed by atoms with E-state index in [0.29, 0.717) is 12.8 Å². The van der Waals surface area contributed by atoms with Crippen LogP contribution in [0.5, 0.6) is 0 Å². The summed E-state index contributed by atoms with van der Waals surface area (Å²) in [6.07, 6.45) is 4.11. The molecule has 0 bridgehead atoms. The Morgan fingerprint density at radius 2 is 2.05 bits per heavy atom. The molecule has 3 N–H and O–H groups in total. The van der Waals surface area contributed by atoms with E-state index in [4.69, 9.17) is 5.11 Å². The molecular weight excluding hydrogens is 278 g/mol. The molecule has 0 unspecified atom stereocenters. The molecular formula is C13H17N3O5. The summed E-state index contributed by atoms with van der Waals surface area (Å²) >= 11 is 0. The third-order valence-corrected chi connectivity index (χ3v) is 3.66. The third kappa shape index (κ3) is 3.66. The Morgan fingerprint density at radius 3 is 2.62 bits per heavy atom. The zero-order valence-corrected chi connectivity index (χ0v) is 11.4. The number of pyridine rings is 1. The highest BCUT2D eigenvalue weighted by molar-refractivity contribution is 5.86. The molecule has 1 aromatic heterocycles. The summed E-state index contributed by atoms with van der Waals surface area (Å²) in [7, 11) is 0. The van der Waals surface area contributed by atoms with Crippen LogP contribution in [0.2, 0.25) is 0 Å². The summed E-state index contributed by atoms with van der Waals surface area (Å²) < 4.78 is 0. The van der Waals surface area contributed by atoms with Crippen LogP contribution in [0.25, 0.3) is 0 Å². The molecule has 0 atom stereocenters. The van der Waals surface area contributed by atoms with Crippen molar-refractivity contribution in [2.45, 2.75) is 37.7 Å². The Kier molecular flexibility index (Phi) is 4.37. The van der Waals surface area contributed by atoms with Gasteiger partial charge in [0.15, 0.2) is 5.69 Å². The molecule has 0 saturated heterocycles. The maximum atomic E-state index is 10.9. The lowest BCUT2D eigenvalue weighted by Gasteiger charge is -2.32. The molecule has 1 aliphatic carbocycles. The summed E-state index contributed by atoms with van der Waals surface area (Å²) in [4.78, 5) is 25.0. The third-order valence-electron chi connectivity index (χ3n) is 3.66. The minimum atomic E-state index is -1.26. The van der Waals surface area contributed by atoms with Gasteiger partial charge in [0.2, 0.25) is 5.82 Å². The van der Waals surface area contributed by atoms with Gasteiger partial charge in [0.05, 0.1) is 10.5 Å². The quantitative estimate of drug-likeness (QED) is 0.558. The van der Waals surface area contributed by atoms with E-state index >= 15 is 0 Å². The van der Waals surface area contributed by atoms with E-state index in [0.717, 1.165) is 31.4 Å². The number of rotatable bonds is 5. The number of nitrogens with zero attached hydrogens (tertiary/aromatic N) is 2. The Labute approximate surface area is 121 Å². The molecule has 0 amide bonds. The molecule has 0 spiro atoms. The number of carbonyl (C=O) groups is 1. The van der Waals surface area contributed by atoms with Gasteiger partial charge in [-0.15, -0.1) is 0 Å². The van der Waals surface area contributed by atoms with Crippen molar-refractivity contribution in [2.24, 2.45) is 0 Å². The average molecular weight is 295 g/mol. The van der Waals surface area contributed by atoms with Crippen LogP contribution in [0.15, 0.2) is 12.1 Å². The Bertz CT molecular complexity index is 555. The maximum absolute atomic E-state index is 10.9. The molecule has 0 aliphatic heterocycles. The normalized spacial score (nSPS) is 17.2. The fourth-order valence-corrected chi connectivity index (χ4v) is 2.48. The topological polar surface area (TPSA) is 126 Å². The number of carboxylic acids is 1. The van der Waals surface area contributed by atoms with Crippen molar-refractivity contribution in [1.82, 2.24) is 4.98 Å². The van der Waals surface area contributed by atoms with E-state index < -0.39 is 16.5 Å². The first-order valence-corrected chi connectivity index (χ1v) is 6.76. The molecule has 0 radical (unpaired) electrons. The highest BCUT2D eigenvalue weighted by Gasteiger charge is 2.30. The molecule has 8 heteroatoms. The Balaban J connectivity index is 2.18. The molecule has 1 saturated carbocycles. The minimum absolute atomic E-state index is 0.115. The molecule has 1 aromatic rings. The predicted molar refractivity (Wildman–Crippen MR) is 74.4 cm³/mol. The van der Waals surface area contributed by atoms with Crippen LogP contribution in [0, 0.1) is 10.1 Å². The van der Waals surface area contributed by atoms with Gasteiger partial charge in [-0.05, 0) is 18.9 Å². The van der Waals surface area contributed by atoms with E-state index in [-0.39, 0.29) is 23.7 Å². The highest BCUT2D eigenvalue weighted by Crippen LogP contribution is 2.29. The maximum Gasteiger partial charge on any atom is 0.354 e. The zero-order valence-electron chi connectivity index (χ0n) is 11.4. The standard InChI is InChI=1S/C13H17N3O5/c17-12(18)9-4-5-10(16(20)21)11(15-9)14-8-13(19)6-2-1-3-7-13/h4-5,19H,1-3,6-8H2,(H,14,15)(H,17,18). The van der Waals surface area contributed by atoms with E-state index in [2.05, 4.69) is 10.3 Å². The van der Waals surface area contributed by atoms with Gasteiger partial charge in [-0.3, -0.25) is 10.1 Å². The number of aliphatic hydroxyl groups is 1. The molecule has 114 valence electrons. The second-order valence-electron chi connectivity index (χ2n) is 5.27. The second-order valence-corrected chi connectivity index (χ2v) is 5.27. The smallest absolute Gasteiger partial charge is 0.354 e. The molecule has 1 aliphatic rings. The first-order valence-electron chi connectivity index (χ1n) is 6.76. The number of nitro groups is 1. The van der Waals surface area contributed by atoms with Crippen LogP contribution in [0.4, 0.5) is 11.5 Å². The predicted octanol–water partition coefficient (Wildman–Crippen LogP) is 1.80. The number of hydrogen-bond acceptors (Lipinski definition) is 6. The lowest BCUT2D eigenvalue weighted by molar-refractivity contribution is -0.384. The zero-order chi connectivity index (χ0) is 15.5. The van der Waals surface area contributed by atoms with Crippen molar-refractivity contribution in [1.29, 1.82) is 0 Å². The summed E-state index contributed by atoms with van der Waals surface area (Å²) in [5, 5.41) is 32.9. The van der Waals surface area contributed by atoms with Gasteiger partial charge >= 0.3 is 11.7 Å². The van der Waals surface area contributed by atoms with Gasteiger partial charge in [0.1, 0.15) is 0 Å². The summed E-state index contributed by atoms with van der Waals surface area (Å²) in [5.74, 6) is -1.39. The molecule has 8 nitrogen and oxygen atoms in total. The first kappa shape index (κ1) is 15.2.